The molecule has 2 aromatic carbocycles. The van der Waals surface area contributed by atoms with Gasteiger partial charge in [0.05, 0.1) is 30.6 Å². The molecule has 122 valence electrons. The van der Waals surface area contributed by atoms with Gasteiger partial charge in [0.2, 0.25) is 0 Å². The first-order chi connectivity index (χ1) is 10.6. The number of benzene rings is 2. The lowest BCUT2D eigenvalue weighted by molar-refractivity contribution is -0.385. The fourth-order valence-corrected chi connectivity index (χ4v) is 3.50. The Morgan fingerprint density at radius 2 is 1.65 bits per heavy atom. The summed E-state index contributed by atoms with van der Waals surface area (Å²) in [7, 11) is -4.08. The molecule has 23 heavy (non-hydrogen) atoms. The first-order valence-corrected chi connectivity index (χ1v) is 8.66. The largest absolute Gasteiger partial charge is 0.278 e. The molecular formula is C13H9Cl3N2O4S. The van der Waals surface area contributed by atoms with Gasteiger partial charge in [-0.05, 0) is 25.1 Å². The van der Waals surface area contributed by atoms with Crippen molar-refractivity contribution in [3.63, 3.8) is 0 Å². The number of hydrogen-bond donors (Lipinski definition) is 1. The molecule has 0 saturated heterocycles. The summed E-state index contributed by atoms with van der Waals surface area (Å²) in [6.45, 7) is 1.51. The molecule has 2 rings (SSSR count). The van der Waals surface area contributed by atoms with Crippen LogP contribution in [0.25, 0.3) is 0 Å². The van der Waals surface area contributed by atoms with Crippen LogP contribution >= 0.6 is 34.8 Å². The Labute approximate surface area is 147 Å². The van der Waals surface area contributed by atoms with Gasteiger partial charge in [-0.1, -0.05) is 40.9 Å². The van der Waals surface area contributed by atoms with Gasteiger partial charge in [0.1, 0.15) is 0 Å². The van der Waals surface area contributed by atoms with E-state index in [9.17, 15) is 18.5 Å². The normalized spacial score (nSPS) is 11.3. The van der Waals surface area contributed by atoms with Crippen molar-refractivity contribution in [2.75, 3.05) is 4.72 Å². The number of nitrogens with one attached hydrogen (secondary N) is 1. The van der Waals surface area contributed by atoms with E-state index in [0.29, 0.717) is 5.56 Å². The molecule has 0 aliphatic rings. The quantitative estimate of drug-likeness (QED) is 0.463. The van der Waals surface area contributed by atoms with E-state index >= 15 is 0 Å². The summed E-state index contributed by atoms with van der Waals surface area (Å²) >= 11 is 17.5. The number of rotatable bonds is 4. The fourth-order valence-electron chi connectivity index (χ4n) is 1.76. The lowest BCUT2D eigenvalue weighted by Gasteiger charge is -2.11. The summed E-state index contributed by atoms with van der Waals surface area (Å²) in [6, 6.07) is 6.13. The summed E-state index contributed by atoms with van der Waals surface area (Å²) in [6.07, 6.45) is 0. The van der Waals surface area contributed by atoms with Gasteiger partial charge in [-0.15, -0.1) is 0 Å². The summed E-state index contributed by atoms with van der Waals surface area (Å²) in [5.74, 6) is 0. The highest BCUT2D eigenvalue weighted by Crippen LogP contribution is 2.33. The molecular weight excluding hydrogens is 387 g/mol. The second-order valence-corrected chi connectivity index (χ2v) is 7.46. The van der Waals surface area contributed by atoms with Gasteiger partial charge in [0.15, 0.2) is 0 Å². The van der Waals surface area contributed by atoms with Gasteiger partial charge in [0.25, 0.3) is 15.7 Å². The second-order valence-electron chi connectivity index (χ2n) is 4.56. The molecule has 0 radical (unpaired) electrons. The molecule has 0 fully saturated rings. The maximum Gasteiger partial charge on any atom is 0.273 e. The summed E-state index contributed by atoms with van der Waals surface area (Å²) in [5.41, 5.74) is 0.0684. The predicted molar refractivity (Wildman–Crippen MR) is 90.1 cm³/mol. The summed E-state index contributed by atoms with van der Waals surface area (Å²) in [5, 5.41) is 11.3. The van der Waals surface area contributed by atoms with Crippen LogP contribution in [0, 0.1) is 17.0 Å². The van der Waals surface area contributed by atoms with Crippen LogP contribution in [-0.2, 0) is 10.0 Å². The zero-order valence-corrected chi connectivity index (χ0v) is 14.6. The molecule has 0 amide bonds. The first-order valence-electron chi connectivity index (χ1n) is 6.04. The van der Waals surface area contributed by atoms with Crippen molar-refractivity contribution in [3.8, 4) is 0 Å². The number of nitro groups is 1. The van der Waals surface area contributed by atoms with Gasteiger partial charge in [-0.2, -0.15) is 0 Å². The van der Waals surface area contributed by atoms with E-state index in [0.717, 1.165) is 6.07 Å². The van der Waals surface area contributed by atoms with Crippen LogP contribution in [0.5, 0.6) is 0 Å². The molecule has 0 aliphatic carbocycles. The van der Waals surface area contributed by atoms with Crippen LogP contribution in [0.4, 0.5) is 11.4 Å². The second kappa shape index (κ2) is 6.52. The third kappa shape index (κ3) is 3.87. The molecule has 0 atom stereocenters. The van der Waals surface area contributed by atoms with E-state index in [1.54, 1.807) is 0 Å². The maximum absolute atomic E-state index is 12.4. The predicted octanol–water partition coefficient (Wildman–Crippen LogP) is 4.66. The number of nitrogens with zero attached hydrogens (tertiary/aromatic N) is 1. The van der Waals surface area contributed by atoms with Crippen LogP contribution in [0.1, 0.15) is 5.56 Å². The zero-order chi connectivity index (χ0) is 17.4. The number of sulfonamides is 1. The Morgan fingerprint density at radius 3 is 2.26 bits per heavy atom. The molecule has 0 aromatic heterocycles. The lowest BCUT2D eigenvalue weighted by atomic mass is 10.2. The number of aryl methyl sites for hydroxylation is 1. The van der Waals surface area contributed by atoms with E-state index in [1.165, 1.54) is 31.2 Å². The molecule has 2 aromatic rings. The molecule has 10 heteroatoms. The molecule has 0 spiro atoms. The number of hydrogen-bond acceptors (Lipinski definition) is 4. The topological polar surface area (TPSA) is 89.3 Å². The van der Waals surface area contributed by atoms with Gasteiger partial charge in [0, 0.05) is 11.6 Å². The minimum Gasteiger partial charge on any atom is -0.278 e. The van der Waals surface area contributed by atoms with Gasteiger partial charge in [-0.3, -0.25) is 14.8 Å². The number of halogens is 3. The smallest absolute Gasteiger partial charge is 0.273 e. The van der Waals surface area contributed by atoms with E-state index in [2.05, 4.69) is 4.72 Å². The maximum atomic E-state index is 12.4. The van der Waals surface area contributed by atoms with Crippen LogP contribution in [0.15, 0.2) is 35.2 Å². The third-order valence-corrected chi connectivity index (χ3v) is 5.34. The van der Waals surface area contributed by atoms with Crippen molar-refractivity contribution in [1.29, 1.82) is 0 Å². The summed E-state index contributed by atoms with van der Waals surface area (Å²) in [4.78, 5) is 10.0. The average Bonchev–Trinajstić information content (AvgIpc) is 2.44. The molecule has 0 saturated carbocycles. The van der Waals surface area contributed by atoms with Crippen molar-refractivity contribution in [3.05, 3.63) is 61.1 Å². The highest BCUT2D eigenvalue weighted by Gasteiger charge is 2.21. The van der Waals surface area contributed by atoms with E-state index in [4.69, 9.17) is 34.8 Å². The van der Waals surface area contributed by atoms with E-state index < -0.39 is 14.9 Å². The van der Waals surface area contributed by atoms with Gasteiger partial charge < -0.3 is 0 Å². The first kappa shape index (κ1) is 17.8. The van der Waals surface area contributed by atoms with Crippen LogP contribution in [0.2, 0.25) is 15.1 Å². The lowest BCUT2D eigenvalue weighted by Crippen LogP contribution is -2.13. The Bertz CT molecular complexity index is 900. The Kier molecular flexibility index (Phi) is 5.05. The Morgan fingerprint density at radius 1 is 1.04 bits per heavy atom. The molecule has 0 aliphatic heterocycles. The van der Waals surface area contributed by atoms with Gasteiger partial charge >= 0.3 is 0 Å². The summed E-state index contributed by atoms with van der Waals surface area (Å²) < 4.78 is 27.0. The van der Waals surface area contributed by atoms with E-state index in [1.807, 2.05) is 0 Å². The molecule has 0 unspecified atom stereocenters. The third-order valence-electron chi connectivity index (χ3n) is 2.94. The van der Waals surface area contributed by atoms with Crippen molar-refractivity contribution in [2.24, 2.45) is 0 Å². The average molecular weight is 396 g/mol. The van der Waals surface area contributed by atoms with Crippen molar-refractivity contribution in [2.45, 2.75) is 11.8 Å². The van der Waals surface area contributed by atoms with Crippen molar-refractivity contribution in [1.82, 2.24) is 0 Å². The highest BCUT2D eigenvalue weighted by molar-refractivity contribution is 7.92. The minimum absolute atomic E-state index is 0.0179. The highest BCUT2D eigenvalue weighted by atomic mass is 35.5. The SMILES string of the molecule is Cc1ccc(S(=O)(=O)Nc2cc(Cl)c(Cl)cc2Cl)cc1[N+](=O)[O-]. The molecule has 1 N–H and O–H groups in total. The van der Waals surface area contributed by atoms with Crippen LogP contribution in [-0.4, -0.2) is 13.3 Å². The standard InChI is InChI=1S/C13H9Cl3N2O4S/c1-7-2-3-8(4-13(7)18(19)20)23(21,22)17-12-6-10(15)9(14)5-11(12)16/h2-6,17H,1H3. The minimum atomic E-state index is -4.08. The van der Waals surface area contributed by atoms with Crippen molar-refractivity contribution < 1.29 is 13.3 Å². The zero-order valence-electron chi connectivity index (χ0n) is 11.5. The molecule has 0 bridgehead atoms. The molecule has 0 heterocycles. The monoisotopic (exact) mass is 394 g/mol. The molecule has 6 nitrogen and oxygen atoms in total. The Balaban J connectivity index is 2.46. The van der Waals surface area contributed by atoms with Crippen molar-refractivity contribution >= 4 is 56.2 Å². The number of nitro benzene ring substituents is 1. The van der Waals surface area contributed by atoms with Crippen LogP contribution < -0.4 is 4.72 Å². The van der Waals surface area contributed by atoms with Gasteiger partial charge in [-0.25, -0.2) is 8.42 Å². The van der Waals surface area contributed by atoms with Crippen LogP contribution in [0.3, 0.4) is 0 Å². The fraction of sp³-hybridized carbons (Fsp3) is 0.0769. The van der Waals surface area contributed by atoms with E-state index in [-0.39, 0.29) is 31.3 Å². The Hall–Kier alpha value is -1.54. The number of anilines is 1.